The number of hydrazone groups is 1. The van der Waals surface area contributed by atoms with Gasteiger partial charge in [-0.2, -0.15) is 10.4 Å². The summed E-state index contributed by atoms with van der Waals surface area (Å²) >= 11 is 0. The molecule has 128 valence electrons. The third kappa shape index (κ3) is 5.07. The van der Waals surface area contributed by atoms with Gasteiger partial charge < -0.3 is 4.74 Å². The van der Waals surface area contributed by atoms with Crippen molar-refractivity contribution >= 4 is 17.2 Å². The van der Waals surface area contributed by atoms with Crippen LogP contribution in [-0.4, -0.2) is 17.9 Å². The van der Waals surface area contributed by atoms with Gasteiger partial charge in [0.05, 0.1) is 11.3 Å². The Morgan fingerprint density at radius 3 is 2.40 bits per heavy atom. The van der Waals surface area contributed by atoms with E-state index in [2.05, 4.69) is 15.3 Å². The molecular weight excluding hydrogens is 335 g/mol. The fraction of sp³-hybridized carbons (Fsp3) is 0.118. The Labute approximate surface area is 141 Å². The number of Topliss-reactive ketones (excluding diaryl/α,β-unsaturated/α-hetero) is 1. The lowest BCUT2D eigenvalue weighted by molar-refractivity contribution is -0.274. The van der Waals surface area contributed by atoms with E-state index in [1.807, 2.05) is 6.92 Å². The number of ether oxygens (including phenoxy) is 1. The monoisotopic (exact) mass is 347 g/mol. The van der Waals surface area contributed by atoms with Crippen molar-refractivity contribution in [3.63, 3.8) is 0 Å². The summed E-state index contributed by atoms with van der Waals surface area (Å²) in [7, 11) is 0. The number of alkyl halides is 3. The number of carbonyl (C=O) groups is 1. The third-order valence-electron chi connectivity index (χ3n) is 3.03. The molecule has 2 aromatic carbocycles. The van der Waals surface area contributed by atoms with Crippen molar-refractivity contribution in [2.75, 3.05) is 5.43 Å². The second kappa shape index (κ2) is 7.49. The van der Waals surface area contributed by atoms with Crippen molar-refractivity contribution in [3.8, 4) is 11.8 Å². The molecule has 0 fully saturated rings. The number of aryl methyl sites for hydroxylation is 1. The summed E-state index contributed by atoms with van der Waals surface area (Å²) in [6, 6.07) is 13.3. The van der Waals surface area contributed by atoms with Gasteiger partial charge in [0, 0.05) is 0 Å². The number of ketones is 1. The van der Waals surface area contributed by atoms with Crippen molar-refractivity contribution < 1.29 is 22.7 Å². The minimum absolute atomic E-state index is 0.411. The first kappa shape index (κ1) is 18.0. The summed E-state index contributed by atoms with van der Waals surface area (Å²) in [5.74, 6) is -1.68. The number of para-hydroxylation sites is 1. The molecule has 0 aliphatic heterocycles. The van der Waals surface area contributed by atoms with Crippen LogP contribution in [0.15, 0.2) is 53.6 Å². The van der Waals surface area contributed by atoms with E-state index in [1.165, 1.54) is 12.1 Å². The van der Waals surface area contributed by atoms with E-state index in [0.717, 1.165) is 17.7 Å². The topological polar surface area (TPSA) is 74.5 Å². The van der Waals surface area contributed by atoms with Crippen molar-refractivity contribution in [3.05, 3.63) is 59.7 Å². The molecule has 2 aromatic rings. The average Bonchev–Trinajstić information content (AvgIpc) is 2.56. The first-order valence-corrected chi connectivity index (χ1v) is 7.00. The maximum absolute atomic E-state index is 12.4. The lowest BCUT2D eigenvalue weighted by atomic mass is 10.1. The molecule has 0 aliphatic rings. The number of rotatable bonds is 5. The van der Waals surface area contributed by atoms with Gasteiger partial charge in [-0.25, -0.2) is 0 Å². The molecule has 0 amide bonds. The van der Waals surface area contributed by atoms with Crippen LogP contribution >= 0.6 is 0 Å². The zero-order valence-corrected chi connectivity index (χ0v) is 13.0. The Morgan fingerprint density at radius 1 is 1.16 bits per heavy atom. The average molecular weight is 347 g/mol. The maximum atomic E-state index is 12.4. The highest BCUT2D eigenvalue weighted by molar-refractivity contribution is 6.51. The minimum atomic E-state index is -4.96. The van der Waals surface area contributed by atoms with Crippen molar-refractivity contribution in [2.45, 2.75) is 13.3 Å². The molecule has 0 saturated carbocycles. The number of nitrogens with zero attached hydrogens (tertiary/aromatic N) is 2. The van der Waals surface area contributed by atoms with E-state index < -0.39 is 29.2 Å². The van der Waals surface area contributed by atoms with E-state index in [4.69, 9.17) is 5.26 Å². The van der Waals surface area contributed by atoms with Crippen LogP contribution in [0.3, 0.4) is 0 Å². The molecule has 0 saturated heterocycles. The lowest BCUT2D eigenvalue weighted by Gasteiger charge is -2.11. The Morgan fingerprint density at radius 2 is 1.80 bits per heavy atom. The van der Waals surface area contributed by atoms with Gasteiger partial charge in [-0.3, -0.25) is 10.2 Å². The largest absolute Gasteiger partial charge is 0.573 e. The number of nitrogens with one attached hydrogen (secondary N) is 1. The summed E-state index contributed by atoms with van der Waals surface area (Å²) in [5.41, 5.74) is 3.04. The van der Waals surface area contributed by atoms with E-state index in [0.29, 0.717) is 5.69 Å². The van der Waals surface area contributed by atoms with Crippen molar-refractivity contribution in [1.82, 2.24) is 0 Å². The molecule has 0 atom stereocenters. The first-order valence-electron chi connectivity index (χ1n) is 7.00. The van der Waals surface area contributed by atoms with E-state index in [9.17, 15) is 18.0 Å². The van der Waals surface area contributed by atoms with Crippen LogP contribution in [-0.2, 0) is 0 Å². The van der Waals surface area contributed by atoms with Gasteiger partial charge in [-0.15, -0.1) is 13.2 Å². The van der Waals surface area contributed by atoms with Crippen LogP contribution in [0.1, 0.15) is 15.9 Å². The Kier molecular flexibility index (Phi) is 5.39. The zero-order chi connectivity index (χ0) is 18.4. The van der Waals surface area contributed by atoms with Crippen LogP contribution in [0.2, 0.25) is 0 Å². The molecule has 2 rings (SSSR count). The lowest BCUT2D eigenvalue weighted by Crippen LogP contribution is -2.21. The second-order valence-electron chi connectivity index (χ2n) is 4.92. The van der Waals surface area contributed by atoms with E-state index in [-0.39, 0.29) is 0 Å². The van der Waals surface area contributed by atoms with Crippen molar-refractivity contribution in [1.29, 1.82) is 5.26 Å². The SMILES string of the molecule is Cc1ccc(N/N=C(/C#N)C(=O)c2ccccc2OC(F)(F)F)cc1. The summed E-state index contributed by atoms with van der Waals surface area (Å²) in [6.07, 6.45) is -4.96. The fourth-order valence-electron chi connectivity index (χ4n) is 1.87. The Hall–Kier alpha value is -3.34. The molecule has 8 heteroatoms. The highest BCUT2D eigenvalue weighted by Gasteiger charge is 2.33. The first-order chi connectivity index (χ1) is 11.8. The summed E-state index contributed by atoms with van der Waals surface area (Å²) < 4.78 is 41.1. The maximum Gasteiger partial charge on any atom is 0.573 e. The molecule has 0 radical (unpaired) electrons. The molecule has 0 bridgehead atoms. The van der Waals surface area contributed by atoms with Crippen LogP contribution in [0.5, 0.6) is 5.75 Å². The smallest absolute Gasteiger partial charge is 0.405 e. The van der Waals surface area contributed by atoms with Crippen molar-refractivity contribution in [2.24, 2.45) is 5.10 Å². The molecule has 0 aliphatic carbocycles. The fourth-order valence-corrected chi connectivity index (χ4v) is 1.87. The summed E-state index contributed by atoms with van der Waals surface area (Å²) in [5, 5.41) is 12.8. The molecule has 1 N–H and O–H groups in total. The van der Waals surface area contributed by atoms with Crippen LogP contribution < -0.4 is 10.2 Å². The third-order valence-corrected chi connectivity index (χ3v) is 3.03. The highest BCUT2D eigenvalue weighted by Crippen LogP contribution is 2.26. The van der Waals surface area contributed by atoms with Crippen LogP contribution in [0, 0.1) is 18.3 Å². The van der Waals surface area contributed by atoms with E-state index in [1.54, 1.807) is 30.3 Å². The minimum Gasteiger partial charge on any atom is -0.405 e. The Balaban J connectivity index is 2.27. The predicted octanol–water partition coefficient (Wildman–Crippen LogP) is 4.07. The normalized spacial score (nSPS) is 11.6. The standard InChI is InChI=1S/C17H12F3N3O2/c1-11-6-8-12(9-7-11)22-23-14(10-21)16(24)13-4-2-3-5-15(13)25-17(18,19)20/h2-9,22H,1H3/b23-14-. The highest BCUT2D eigenvalue weighted by atomic mass is 19.4. The predicted molar refractivity (Wildman–Crippen MR) is 85.3 cm³/mol. The van der Waals surface area contributed by atoms with Gasteiger partial charge in [0.15, 0.2) is 0 Å². The molecule has 25 heavy (non-hydrogen) atoms. The van der Waals surface area contributed by atoms with Gasteiger partial charge in [0.25, 0.3) is 0 Å². The van der Waals surface area contributed by atoms with Gasteiger partial charge >= 0.3 is 6.36 Å². The number of halogens is 3. The molecule has 0 unspecified atom stereocenters. The molecule has 5 nitrogen and oxygen atoms in total. The second-order valence-corrected chi connectivity index (χ2v) is 4.92. The summed E-state index contributed by atoms with van der Waals surface area (Å²) in [4.78, 5) is 12.3. The van der Waals surface area contributed by atoms with Gasteiger partial charge in [-0.1, -0.05) is 29.8 Å². The quantitative estimate of drug-likeness (QED) is 0.503. The number of hydrogen-bond acceptors (Lipinski definition) is 5. The number of hydrogen-bond donors (Lipinski definition) is 1. The number of nitriles is 1. The van der Waals surface area contributed by atoms with Crippen LogP contribution in [0.4, 0.5) is 18.9 Å². The molecule has 0 aromatic heterocycles. The van der Waals surface area contributed by atoms with E-state index >= 15 is 0 Å². The molecule has 0 heterocycles. The number of benzene rings is 2. The number of anilines is 1. The van der Waals surface area contributed by atoms with Crippen LogP contribution in [0.25, 0.3) is 0 Å². The van der Waals surface area contributed by atoms with Gasteiger partial charge in [-0.05, 0) is 31.2 Å². The van der Waals surface area contributed by atoms with Gasteiger partial charge in [0.2, 0.25) is 11.5 Å². The zero-order valence-electron chi connectivity index (χ0n) is 13.0. The van der Waals surface area contributed by atoms with Gasteiger partial charge in [0.1, 0.15) is 11.8 Å². The molecule has 0 spiro atoms. The number of carbonyl (C=O) groups excluding carboxylic acids is 1. The Bertz CT molecular complexity index is 837. The summed E-state index contributed by atoms with van der Waals surface area (Å²) in [6.45, 7) is 1.88. The molecular formula is C17H12F3N3O2.